The Morgan fingerprint density at radius 1 is 1.00 bits per heavy atom. The van der Waals surface area contributed by atoms with Gasteiger partial charge in [-0.15, -0.1) is 0 Å². The molecule has 114 valence electrons. The van der Waals surface area contributed by atoms with Crippen LogP contribution in [0.25, 0.3) is 0 Å². The summed E-state index contributed by atoms with van der Waals surface area (Å²) in [5.41, 5.74) is 2.90. The minimum atomic E-state index is 1.05. The van der Waals surface area contributed by atoms with E-state index in [-0.39, 0.29) is 0 Å². The van der Waals surface area contributed by atoms with Crippen molar-refractivity contribution >= 4 is 0 Å². The van der Waals surface area contributed by atoms with Gasteiger partial charge in [0.15, 0.2) is 0 Å². The highest BCUT2D eigenvalue weighted by Gasteiger charge is 1.95. The van der Waals surface area contributed by atoms with E-state index in [0.29, 0.717) is 0 Å². The molecule has 0 unspecified atom stereocenters. The average molecular weight is 274 g/mol. The molecular formula is C20H34. The molecule has 0 aromatic heterocycles. The van der Waals surface area contributed by atoms with Crippen LogP contribution in [0.5, 0.6) is 0 Å². The van der Waals surface area contributed by atoms with Crippen LogP contribution in [0.2, 0.25) is 0 Å². The molecule has 0 spiro atoms. The van der Waals surface area contributed by atoms with Gasteiger partial charge < -0.3 is 0 Å². The summed E-state index contributed by atoms with van der Waals surface area (Å²) in [4.78, 5) is 0. The predicted molar refractivity (Wildman–Crippen MR) is 94.1 cm³/mol. The van der Waals surface area contributed by atoms with Gasteiger partial charge in [0.25, 0.3) is 0 Å². The monoisotopic (exact) mass is 274 g/mol. The van der Waals surface area contributed by atoms with Gasteiger partial charge >= 0.3 is 0 Å². The molecule has 0 bridgehead atoms. The van der Waals surface area contributed by atoms with E-state index >= 15 is 0 Å². The van der Waals surface area contributed by atoms with E-state index in [1.807, 2.05) is 0 Å². The van der Waals surface area contributed by atoms with Crippen LogP contribution in [0.3, 0.4) is 0 Å². The molecule has 0 aliphatic heterocycles. The normalized spacial score (nSPS) is 12.7. The fourth-order valence-corrected chi connectivity index (χ4v) is 2.11. The third kappa shape index (κ3) is 13.4. The summed E-state index contributed by atoms with van der Waals surface area (Å²) >= 11 is 0. The summed E-state index contributed by atoms with van der Waals surface area (Å²) in [6.45, 7) is 10.7. The van der Waals surface area contributed by atoms with Crippen molar-refractivity contribution in [2.24, 2.45) is 0 Å². The summed E-state index contributed by atoms with van der Waals surface area (Å²) in [5, 5.41) is 0. The van der Waals surface area contributed by atoms with Gasteiger partial charge in [-0.1, -0.05) is 74.3 Å². The summed E-state index contributed by atoms with van der Waals surface area (Å²) in [6.07, 6.45) is 22.2. The molecule has 0 aliphatic carbocycles. The van der Waals surface area contributed by atoms with Crippen LogP contribution in [0.4, 0.5) is 0 Å². The molecule has 0 fully saturated rings. The highest BCUT2D eigenvalue weighted by Crippen LogP contribution is 2.15. The van der Waals surface area contributed by atoms with E-state index < -0.39 is 0 Å². The smallest absolute Gasteiger partial charge is 0.0141 e. The highest BCUT2D eigenvalue weighted by atomic mass is 14.0. The first kappa shape index (κ1) is 19.0. The van der Waals surface area contributed by atoms with Crippen molar-refractivity contribution in [2.45, 2.75) is 78.6 Å². The Morgan fingerprint density at radius 2 is 1.80 bits per heavy atom. The van der Waals surface area contributed by atoms with Gasteiger partial charge in [0, 0.05) is 0 Å². The van der Waals surface area contributed by atoms with Gasteiger partial charge in [-0.05, 0) is 52.4 Å². The second-order valence-corrected chi connectivity index (χ2v) is 5.63. The quantitative estimate of drug-likeness (QED) is 0.262. The van der Waals surface area contributed by atoms with Gasteiger partial charge in [-0.2, -0.15) is 0 Å². The van der Waals surface area contributed by atoms with Crippen LogP contribution in [-0.4, -0.2) is 0 Å². The largest absolute Gasteiger partial charge is 0.0999 e. The van der Waals surface area contributed by atoms with E-state index in [9.17, 15) is 0 Å². The fraction of sp³-hybridized carbons (Fsp3) is 0.600. The zero-order valence-corrected chi connectivity index (χ0v) is 14.0. The lowest BCUT2D eigenvalue weighted by Gasteiger charge is -2.04. The molecule has 0 heteroatoms. The fourth-order valence-electron chi connectivity index (χ4n) is 2.11. The molecule has 0 nitrogen and oxygen atoms in total. The lowest BCUT2D eigenvalue weighted by atomic mass is 10.0. The van der Waals surface area contributed by atoms with Crippen molar-refractivity contribution in [3.05, 3.63) is 48.1 Å². The molecule has 0 rings (SSSR count). The van der Waals surface area contributed by atoms with Crippen molar-refractivity contribution in [3.63, 3.8) is 0 Å². The van der Waals surface area contributed by atoms with Crippen LogP contribution in [0.1, 0.15) is 78.6 Å². The Bertz CT molecular complexity index is 315. The minimum absolute atomic E-state index is 1.05. The molecule has 0 saturated carbocycles. The van der Waals surface area contributed by atoms with Gasteiger partial charge in [0.2, 0.25) is 0 Å². The lowest BCUT2D eigenvalue weighted by molar-refractivity contribution is 0.655. The first-order valence-corrected chi connectivity index (χ1v) is 8.29. The topological polar surface area (TPSA) is 0 Å². The zero-order chi connectivity index (χ0) is 15.1. The van der Waals surface area contributed by atoms with Crippen LogP contribution in [0.15, 0.2) is 48.1 Å². The molecule has 20 heavy (non-hydrogen) atoms. The van der Waals surface area contributed by atoms with Gasteiger partial charge in [0.05, 0.1) is 0 Å². The molecular weight excluding hydrogens is 240 g/mol. The van der Waals surface area contributed by atoms with E-state index in [2.05, 4.69) is 57.7 Å². The second-order valence-electron chi connectivity index (χ2n) is 5.63. The summed E-state index contributed by atoms with van der Waals surface area (Å²) < 4.78 is 0. The van der Waals surface area contributed by atoms with Crippen molar-refractivity contribution in [3.8, 4) is 0 Å². The maximum absolute atomic E-state index is 4.19. The number of rotatable bonds is 12. The Balaban J connectivity index is 3.65. The third-order valence-corrected chi connectivity index (χ3v) is 3.49. The SMILES string of the molecule is C=C(CCC=C(C)CC=CCC=CC)CCCCCC. The standard InChI is InChI=1S/C20H34/c1-5-7-9-11-13-16-20(4)18-14-17-19(3)15-12-10-8-6-2/h5,7,11,13,18H,3,6,8-10,12,14-17H2,1-2,4H3. The maximum Gasteiger partial charge on any atom is -0.0141 e. The average Bonchev–Trinajstić information content (AvgIpc) is 2.43. The van der Waals surface area contributed by atoms with Crippen molar-refractivity contribution in [2.75, 3.05) is 0 Å². The molecule has 0 aliphatic rings. The molecule has 0 atom stereocenters. The van der Waals surface area contributed by atoms with Gasteiger partial charge in [-0.25, -0.2) is 0 Å². The number of hydrogen-bond acceptors (Lipinski definition) is 0. The highest BCUT2D eigenvalue weighted by molar-refractivity contribution is 5.07. The summed E-state index contributed by atoms with van der Waals surface area (Å²) in [7, 11) is 0. The van der Waals surface area contributed by atoms with Crippen LogP contribution >= 0.6 is 0 Å². The molecule has 0 N–H and O–H groups in total. The number of hydrogen-bond donors (Lipinski definition) is 0. The number of unbranched alkanes of at least 4 members (excludes halogenated alkanes) is 3. The molecule has 0 aromatic carbocycles. The summed E-state index contributed by atoms with van der Waals surface area (Å²) in [5.74, 6) is 0. The van der Waals surface area contributed by atoms with E-state index in [1.165, 1.54) is 43.3 Å². The van der Waals surface area contributed by atoms with Crippen LogP contribution in [0, 0.1) is 0 Å². The van der Waals surface area contributed by atoms with Gasteiger partial charge in [0.1, 0.15) is 0 Å². The molecule has 0 heterocycles. The van der Waals surface area contributed by atoms with Crippen molar-refractivity contribution in [1.82, 2.24) is 0 Å². The summed E-state index contributed by atoms with van der Waals surface area (Å²) in [6, 6.07) is 0. The maximum atomic E-state index is 4.19. The van der Waals surface area contributed by atoms with Crippen molar-refractivity contribution < 1.29 is 0 Å². The Morgan fingerprint density at radius 3 is 2.50 bits per heavy atom. The second kappa shape index (κ2) is 14.4. The minimum Gasteiger partial charge on any atom is -0.0999 e. The van der Waals surface area contributed by atoms with E-state index in [0.717, 1.165) is 25.7 Å². The van der Waals surface area contributed by atoms with Gasteiger partial charge in [-0.3, -0.25) is 0 Å². The van der Waals surface area contributed by atoms with Crippen molar-refractivity contribution in [1.29, 1.82) is 0 Å². The van der Waals surface area contributed by atoms with E-state index in [4.69, 9.17) is 0 Å². The lowest BCUT2D eigenvalue weighted by Crippen LogP contribution is -1.84. The Kier molecular flexibility index (Phi) is 13.6. The molecule has 0 aromatic rings. The Labute approximate surface area is 127 Å². The van der Waals surface area contributed by atoms with E-state index in [1.54, 1.807) is 0 Å². The Hall–Kier alpha value is -1.04. The first-order valence-electron chi connectivity index (χ1n) is 8.29. The van der Waals surface area contributed by atoms with Crippen LogP contribution in [-0.2, 0) is 0 Å². The third-order valence-electron chi connectivity index (χ3n) is 3.49. The molecule has 0 saturated heterocycles. The predicted octanol–water partition coefficient (Wildman–Crippen LogP) is 7.15. The first-order chi connectivity index (χ1) is 9.70. The number of allylic oxidation sites excluding steroid dienone is 7. The zero-order valence-electron chi connectivity index (χ0n) is 14.0. The van der Waals surface area contributed by atoms with Crippen LogP contribution < -0.4 is 0 Å². The molecule has 0 radical (unpaired) electrons. The molecule has 0 amide bonds.